The Bertz CT molecular complexity index is 1060. The zero-order valence-corrected chi connectivity index (χ0v) is 16.1. The Hall–Kier alpha value is -3.67. The van der Waals surface area contributed by atoms with Gasteiger partial charge in [0.25, 0.3) is 5.91 Å². The molecule has 6 heteroatoms. The van der Waals surface area contributed by atoms with Gasteiger partial charge in [-0.15, -0.1) is 0 Å². The van der Waals surface area contributed by atoms with Crippen molar-refractivity contribution in [3.63, 3.8) is 0 Å². The SMILES string of the molecule is COC(=O)c1ccccc1Nc1cc(C(=O)N2CCCc3ccccc32)ccn1. The Morgan fingerprint density at radius 3 is 2.72 bits per heavy atom. The second-order valence-corrected chi connectivity index (χ2v) is 6.78. The minimum absolute atomic E-state index is 0.0659. The Morgan fingerprint density at radius 1 is 1.07 bits per heavy atom. The van der Waals surface area contributed by atoms with Gasteiger partial charge in [-0.2, -0.15) is 0 Å². The van der Waals surface area contributed by atoms with E-state index in [-0.39, 0.29) is 5.91 Å². The first-order valence-corrected chi connectivity index (χ1v) is 9.47. The summed E-state index contributed by atoms with van der Waals surface area (Å²) in [5.41, 5.74) is 3.66. The first-order valence-electron chi connectivity index (χ1n) is 9.47. The molecule has 1 N–H and O–H groups in total. The number of hydrogen-bond donors (Lipinski definition) is 1. The molecular weight excluding hydrogens is 366 g/mol. The van der Waals surface area contributed by atoms with Crippen molar-refractivity contribution in [2.75, 3.05) is 23.9 Å². The average molecular weight is 387 g/mol. The molecule has 1 aliphatic heterocycles. The first-order chi connectivity index (χ1) is 14.2. The van der Waals surface area contributed by atoms with Gasteiger partial charge >= 0.3 is 5.97 Å². The van der Waals surface area contributed by atoms with Crippen LogP contribution >= 0.6 is 0 Å². The number of para-hydroxylation sites is 2. The fourth-order valence-electron chi connectivity index (χ4n) is 3.55. The van der Waals surface area contributed by atoms with Gasteiger partial charge < -0.3 is 15.0 Å². The van der Waals surface area contributed by atoms with E-state index >= 15 is 0 Å². The summed E-state index contributed by atoms with van der Waals surface area (Å²) in [7, 11) is 1.34. The van der Waals surface area contributed by atoms with Crippen LogP contribution in [0.3, 0.4) is 0 Å². The van der Waals surface area contributed by atoms with E-state index in [0.717, 1.165) is 18.5 Å². The summed E-state index contributed by atoms with van der Waals surface area (Å²) in [6.07, 6.45) is 3.50. The zero-order chi connectivity index (χ0) is 20.2. The average Bonchev–Trinajstić information content (AvgIpc) is 2.78. The summed E-state index contributed by atoms with van der Waals surface area (Å²) in [5.74, 6) is -0.0217. The topological polar surface area (TPSA) is 71.5 Å². The molecule has 3 aromatic rings. The van der Waals surface area contributed by atoms with E-state index in [4.69, 9.17) is 4.74 Å². The molecule has 0 radical (unpaired) electrons. The van der Waals surface area contributed by atoms with Gasteiger partial charge in [-0.3, -0.25) is 4.79 Å². The normalized spacial score (nSPS) is 12.8. The lowest BCUT2D eigenvalue weighted by Crippen LogP contribution is -2.35. The third-order valence-electron chi connectivity index (χ3n) is 4.96. The van der Waals surface area contributed by atoms with Crippen LogP contribution in [0.5, 0.6) is 0 Å². The number of fused-ring (bicyclic) bond motifs is 1. The van der Waals surface area contributed by atoms with E-state index in [0.29, 0.717) is 29.2 Å². The third kappa shape index (κ3) is 3.82. The van der Waals surface area contributed by atoms with Gasteiger partial charge in [-0.1, -0.05) is 30.3 Å². The molecule has 0 unspecified atom stereocenters. The number of nitrogens with zero attached hydrogens (tertiary/aromatic N) is 2. The minimum atomic E-state index is -0.440. The summed E-state index contributed by atoms with van der Waals surface area (Å²) in [5, 5.41) is 3.12. The number of rotatable bonds is 4. The van der Waals surface area contributed by atoms with Crippen LogP contribution in [-0.4, -0.2) is 30.5 Å². The van der Waals surface area contributed by atoms with Gasteiger partial charge in [-0.25, -0.2) is 9.78 Å². The highest BCUT2D eigenvalue weighted by Crippen LogP contribution is 2.28. The number of aromatic nitrogens is 1. The molecule has 0 spiro atoms. The molecule has 0 fully saturated rings. The van der Waals surface area contributed by atoms with E-state index in [1.165, 1.54) is 12.7 Å². The summed E-state index contributed by atoms with van der Waals surface area (Å²) in [6.45, 7) is 0.687. The Balaban J connectivity index is 1.61. The summed E-state index contributed by atoms with van der Waals surface area (Å²) in [6, 6.07) is 18.4. The Morgan fingerprint density at radius 2 is 1.86 bits per heavy atom. The molecule has 1 amide bonds. The van der Waals surface area contributed by atoms with E-state index in [2.05, 4.69) is 16.4 Å². The summed E-state index contributed by atoms with van der Waals surface area (Å²) in [4.78, 5) is 31.3. The number of carbonyl (C=O) groups is 2. The van der Waals surface area contributed by atoms with Crippen molar-refractivity contribution in [1.29, 1.82) is 0 Å². The third-order valence-corrected chi connectivity index (χ3v) is 4.96. The highest BCUT2D eigenvalue weighted by Gasteiger charge is 2.23. The number of pyridine rings is 1. The van der Waals surface area contributed by atoms with Crippen LogP contribution < -0.4 is 10.2 Å². The quantitative estimate of drug-likeness (QED) is 0.679. The largest absolute Gasteiger partial charge is 0.465 e. The molecule has 29 heavy (non-hydrogen) atoms. The zero-order valence-electron chi connectivity index (χ0n) is 16.1. The van der Waals surface area contributed by atoms with Crippen LogP contribution in [0.4, 0.5) is 17.2 Å². The molecular formula is C23H21N3O3. The lowest BCUT2D eigenvalue weighted by Gasteiger charge is -2.29. The highest BCUT2D eigenvalue weighted by atomic mass is 16.5. The lowest BCUT2D eigenvalue weighted by atomic mass is 10.0. The van der Waals surface area contributed by atoms with Crippen molar-refractivity contribution >= 4 is 29.1 Å². The smallest absolute Gasteiger partial charge is 0.339 e. The number of aryl methyl sites for hydroxylation is 1. The van der Waals surface area contributed by atoms with Gasteiger partial charge in [0.1, 0.15) is 5.82 Å². The maximum Gasteiger partial charge on any atom is 0.339 e. The lowest BCUT2D eigenvalue weighted by molar-refractivity contribution is 0.0601. The van der Waals surface area contributed by atoms with Crippen molar-refractivity contribution in [2.45, 2.75) is 12.8 Å². The maximum absolute atomic E-state index is 13.2. The Labute approximate surface area is 169 Å². The standard InChI is InChI=1S/C23H21N3O3/c1-29-23(28)18-9-3-4-10-19(18)25-21-15-17(12-13-24-21)22(27)26-14-6-8-16-7-2-5-11-20(16)26/h2-5,7,9-13,15H,6,8,14H2,1H3,(H,24,25). The number of ether oxygens (including phenoxy) is 1. The number of benzene rings is 2. The second-order valence-electron chi connectivity index (χ2n) is 6.78. The van der Waals surface area contributed by atoms with E-state index in [9.17, 15) is 9.59 Å². The Kier molecular flexibility index (Phi) is 5.24. The molecule has 0 saturated carbocycles. The van der Waals surface area contributed by atoms with Crippen LogP contribution in [0, 0.1) is 0 Å². The molecule has 4 rings (SSSR count). The fourth-order valence-corrected chi connectivity index (χ4v) is 3.55. The van der Waals surface area contributed by atoms with Gasteiger partial charge in [0, 0.05) is 24.0 Å². The van der Waals surface area contributed by atoms with Crippen LogP contribution in [-0.2, 0) is 11.2 Å². The molecule has 0 saturated heterocycles. The van der Waals surface area contributed by atoms with Gasteiger partial charge in [0.15, 0.2) is 0 Å². The molecule has 146 valence electrons. The highest BCUT2D eigenvalue weighted by molar-refractivity contribution is 6.07. The fraction of sp³-hybridized carbons (Fsp3) is 0.174. The van der Waals surface area contributed by atoms with Crippen LogP contribution in [0.2, 0.25) is 0 Å². The van der Waals surface area contributed by atoms with Gasteiger partial charge in [-0.05, 0) is 48.7 Å². The van der Waals surface area contributed by atoms with Crippen molar-refractivity contribution in [2.24, 2.45) is 0 Å². The van der Waals surface area contributed by atoms with Crippen molar-refractivity contribution in [3.8, 4) is 0 Å². The van der Waals surface area contributed by atoms with E-state index in [1.54, 1.807) is 36.5 Å². The summed E-state index contributed by atoms with van der Waals surface area (Å²) >= 11 is 0. The predicted molar refractivity (Wildman–Crippen MR) is 112 cm³/mol. The molecule has 0 aliphatic carbocycles. The van der Waals surface area contributed by atoms with Crippen LogP contribution in [0.25, 0.3) is 0 Å². The number of hydrogen-bond acceptors (Lipinski definition) is 5. The number of anilines is 3. The number of nitrogens with one attached hydrogen (secondary N) is 1. The number of esters is 1. The minimum Gasteiger partial charge on any atom is -0.465 e. The number of carbonyl (C=O) groups excluding carboxylic acids is 2. The van der Waals surface area contributed by atoms with Gasteiger partial charge in [0.05, 0.1) is 18.4 Å². The predicted octanol–water partition coefficient (Wildman–Crippen LogP) is 4.20. The van der Waals surface area contributed by atoms with Gasteiger partial charge in [0.2, 0.25) is 0 Å². The molecule has 0 atom stereocenters. The second kappa shape index (κ2) is 8.14. The first kappa shape index (κ1) is 18.7. The van der Waals surface area contributed by atoms with Crippen molar-refractivity contribution in [1.82, 2.24) is 4.98 Å². The number of methoxy groups -OCH3 is 1. The van der Waals surface area contributed by atoms with E-state index < -0.39 is 5.97 Å². The monoisotopic (exact) mass is 387 g/mol. The molecule has 6 nitrogen and oxygen atoms in total. The van der Waals surface area contributed by atoms with Crippen LogP contribution in [0.15, 0.2) is 66.9 Å². The molecule has 1 aliphatic rings. The summed E-state index contributed by atoms with van der Waals surface area (Å²) < 4.78 is 4.83. The molecule has 2 aromatic carbocycles. The maximum atomic E-state index is 13.2. The van der Waals surface area contributed by atoms with Crippen molar-refractivity contribution < 1.29 is 14.3 Å². The van der Waals surface area contributed by atoms with Crippen molar-refractivity contribution in [3.05, 3.63) is 83.6 Å². The number of amides is 1. The molecule has 0 bridgehead atoms. The van der Waals surface area contributed by atoms with E-state index in [1.807, 2.05) is 29.2 Å². The van der Waals surface area contributed by atoms with Crippen LogP contribution in [0.1, 0.15) is 32.7 Å². The molecule has 2 heterocycles. The molecule has 1 aromatic heterocycles.